The third-order valence-corrected chi connectivity index (χ3v) is 5.01. The van der Waals surface area contributed by atoms with Gasteiger partial charge in [0.2, 0.25) is 0 Å². The van der Waals surface area contributed by atoms with E-state index >= 15 is 0 Å². The van der Waals surface area contributed by atoms with Crippen molar-refractivity contribution >= 4 is 15.9 Å². The standard InChI is InChI=1S/C17H21N3O3S/c1-14(16-9-5-6-10-18-16)20-17(21)19-11-12-24(22,23)13-15-7-3-2-4-8-15/h2-10,14H,11-13H2,1H3,(H2,19,20,21)/t14-/m1/s1. The molecule has 0 aliphatic carbocycles. The lowest BCUT2D eigenvalue weighted by Crippen LogP contribution is -2.39. The lowest BCUT2D eigenvalue weighted by molar-refractivity contribution is 0.238. The molecule has 6 nitrogen and oxygen atoms in total. The van der Waals surface area contributed by atoms with Crippen LogP contribution in [0.4, 0.5) is 4.79 Å². The van der Waals surface area contributed by atoms with Gasteiger partial charge in [-0.15, -0.1) is 0 Å². The summed E-state index contributed by atoms with van der Waals surface area (Å²) >= 11 is 0. The first-order valence-corrected chi connectivity index (χ1v) is 9.48. The maximum absolute atomic E-state index is 12.0. The molecular formula is C17H21N3O3S. The normalized spacial score (nSPS) is 12.4. The van der Waals surface area contributed by atoms with E-state index in [0.29, 0.717) is 0 Å². The van der Waals surface area contributed by atoms with Crippen LogP contribution in [0.3, 0.4) is 0 Å². The van der Waals surface area contributed by atoms with Crippen LogP contribution in [0, 0.1) is 0 Å². The molecule has 1 aromatic carbocycles. The van der Waals surface area contributed by atoms with Gasteiger partial charge in [-0.25, -0.2) is 13.2 Å². The second kappa shape index (κ2) is 8.44. The number of carbonyl (C=O) groups is 1. The van der Waals surface area contributed by atoms with Crippen LogP contribution in [0.5, 0.6) is 0 Å². The molecule has 7 heteroatoms. The van der Waals surface area contributed by atoms with Gasteiger partial charge in [0.1, 0.15) is 0 Å². The summed E-state index contributed by atoms with van der Waals surface area (Å²) in [6.45, 7) is 1.88. The molecule has 1 heterocycles. The summed E-state index contributed by atoms with van der Waals surface area (Å²) in [4.78, 5) is 16.0. The van der Waals surface area contributed by atoms with Crippen molar-refractivity contribution in [1.82, 2.24) is 15.6 Å². The average molecular weight is 347 g/mol. The Bertz CT molecular complexity index is 749. The van der Waals surface area contributed by atoms with Crippen LogP contribution < -0.4 is 10.6 Å². The van der Waals surface area contributed by atoms with E-state index in [1.54, 1.807) is 36.5 Å². The lowest BCUT2D eigenvalue weighted by atomic mass is 10.2. The molecule has 0 saturated heterocycles. The molecule has 1 atom stereocenters. The van der Waals surface area contributed by atoms with Gasteiger partial charge in [0, 0.05) is 12.7 Å². The highest BCUT2D eigenvalue weighted by atomic mass is 32.2. The quantitative estimate of drug-likeness (QED) is 0.802. The molecule has 24 heavy (non-hydrogen) atoms. The maximum Gasteiger partial charge on any atom is 0.315 e. The number of urea groups is 1. The van der Waals surface area contributed by atoms with E-state index in [4.69, 9.17) is 0 Å². The molecule has 2 amide bonds. The van der Waals surface area contributed by atoms with Crippen molar-refractivity contribution in [3.8, 4) is 0 Å². The van der Waals surface area contributed by atoms with Crippen molar-refractivity contribution < 1.29 is 13.2 Å². The van der Waals surface area contributed by atoms with Gasteiger partial charge in [-0.1, -0.05) is 36.4 Å². The molecule has 0 bridgehead atoms. The number of benzene rings is 1. The molecule has 2 N–H and O–H groups in total. The Morgan fingerprint density at radius 3 is 2.50 bits per heavy atom. The van der Waals surface area contributed by atoms with Gasteiger partial charge >= 0.3 is 6.03 Å². The fraction of sp³-hybridized carbons (Fsp3) is 0.294. The first-order valence-electron chi connectivity index (χ1n) is 7.66. The SMILES string of the molecule is C[C@@H](NC(=O)NCCS(=O)(=O)Cc1ccccc1)c1ccccn1. The van der Waals surface area contributed by atoms with E-state index in [-0.39, 0.29) is 24.1 Å². The van der Waals surface area contributed by atoms with Crippen molar-refractivity contribution in [3.05, 3.63) is 66.0 Å². The minimum Gasteiger partial charge on any atom is -0.337 e. The Balaban J connectivity index is 1.76. The van der Waals surface area contributed by atoms with Crippen molar-refractivity contribution in [2.45, 2.75) is 18.7 Å². The Hall–Kier alpha value is -2.41. The maximum atomic E-state index is 12.0. The van der Waals surface area contributed by atoms with E-state index in [1.807, 2.05) is 25.1 Å². The summed E-state index contributed by atoms with van der Waals surface area (Å²) < 4.78 is 24.1. The fourth-order valence-corrected chi connectivity index (χ4v) is 3.43. The number of nitrogens with zero attached hydrogens (tertiary/aromatic N) is 1. The monoisotopic (exact) mass is 347 g/mol. The van der Waals surface area contributed by atoms with Crippen LogP contribution in [0.1, 0.15) is 24.2 Å². The number of nitrogens with one attached hydrogen (secondary N) is 2. The third-order valence-electron chi connectivity index (χ3n) is 3.41. The van der Waals surface area contributed by atoms with E-state index in [0.717, 1.165) is 11.3 Å². The molecule has 0 unspecified atom stereocenters. The van der Waals surface area contributed by atoms with Crippen LogP contribution >= 0.6 is 0 Å². The molecule has 2 rings (SSSR count). The zero-order chi connectivity index (χ0) is 17.4. The number of carbonyl (C=O) groups excluding carboxylic acids is 1. The Kier molecular flexibility index (Phi) is 6.31. The summed E-state index contributed by atoms with van der Waals surface area (Å²) in [6, 6.07) is 13.8. The van der Waals surface area contributed by atoms with E-state index < -0.39 is 15.9 Å². The van der Waals surface area contributed by atoms with Gasteiger partial charge < -0.3 is 10.6 Å². The molecule has 0 aliphatic rings. The number of pyridine rings is 1. The topological polar surface area (TPSA) is 88.2 Å². The summed E-state index contributed by atoms with van der Waals surface area (Å²) in [5, 5.41) is 5.29. The number of rotatable bonds is 7. The van der Waals surface area contributed by atoms with Crippen LogP contribution in [-0.2, 0) is 15.6 Å². The number of hydrogen-bond donors (Lipinski definition) is 2. The Labute approximate surface area is 142 Å². The summed E-state index contributed by atoms with van der Waals surface area (Å²) in [7, 11) is -3.27. The van der Waals surface area contributed by atoms with Crippen molar-refractivity contribution in [1.29, 1.82) is 0 Å². The van der Waals surface area contributed by atoms with Crippen LogP contribution in [-0.4, -0.2) is 31.7 Å². The molecule has 128 valence electrons. The van der Waals surface area contributed by atoms with Crippen LogP contribution in [0.15, 0.2) is 54.7 Å². The van der Waals surface area contributed by atoms with Gasteiger partial charge in [-0.2, -0.15) is 0 Å². The predicted molar refractivity (Wildman–Crippen MR) is 93.1 cm³/mol. The summed E-state index contributed by atoms with van der Waals surface area (Å²) in [6.07, 6.45) is 1.65. The first-order chi connectivity index (χ1) is 11.5. The number of hydrogen-bond acceptors (Lipinski definition) is 4. The van der Waals surface area contributed by atoms with E-state index in [9.17, 15) is 13.2 Å². The molecule has 0 fully saturated rings. The average Bonchev–Trinajstić information content (AvgIpc) is 2.56. The minimum atomic E-state index is -3.27. The number of sulfone groups is 1. The third kappa shape index (κ3) is 6.00. The Morgan fingerprint density at radius 2 is 1.83 bits per heavy atom. The van der Waals surface area contributed by atoms with Crippen molar-refractivity contribution in [2.75, 3.05) is 12.3 Å². The van der Waals surface area contributed by atoms with Gasteiger partial charge in [0.15, 0.2) is 9.84 Å². The molecule has 0 radical (unpaired) electrons. The number of aromatic nitrogens is 1. The van der Waals surface area contributed by atoms with E-state index in [2.05, 4.69) is 15.6 Å². The highest BCUT2D eigenvalue weighted by Crippen LogP contribution is 2.07. The summed E-state index contributed by atoms with van der Waals surface area (Å²) in [5.41, 5.74) is 1.48. The minimum absolute atomic E-state index is 0.0263. The van der Waals surface area contributed by atoms with Gasteiger partial charge in [-0.05, 0) is 24.6 Å². The smallest absolute Gasteiger partial charge is 0.315 e. The highest BCUT2D eigenvalue weighted by Gasteiger charge is 2.14. The molecule has 2 aromatic rings. The second-order valence-corrected chi connectivity index (χ2v) is 7.64. The molecule has 0 saturated carbocycles. The van der Waals surface area contributed by atoms with E-state index in [1.165, 1.54) is 0 Å². The van der Waals surface area contributed by atoms with Crippen LogP contribution in [0.2, 0.25) is 0 Å². The molecular weight excluding hydrogens is 326 g/mol. The zero-order valence-electron chi connectivity index (χ0n) is 13.5. The fourth-order valence-electron chi connectivity index (χ4n) is 2.17. The lowest BCUT2D eigenvalue weighted by Gasteiger charge is -2.14. The number of amides is 2. The van der Waals surface area contributed by atoms with Crippen LogP contribution in [0.25, 0.3) is 0 Å². The Morgan fingerprint density at radius 1 is 1.12 bits per heavy atom. The van der Waals surface area contributed by atoms with Crippen molar-refractivity contribution in [2.24, 2.45) is 0 Å². The van der Waals surface area contributed by atoms with Gasteiger partial charge in [0.25, 0.3) is 0 Å². The largest absolute Gasteiger partial charge is 0.337 e. The van der Waals surface area contributed by atoms with Crippen molar-refractivity contribution in [3.63, 3.8) is 0 Å². The first kappa shape index (κ1) is 17.9. The second-order valence-electron chi connectivity index (χ2n) is 5.45. The highest BCUT2D eigenvalue weighted by molar-refractivity contribution is 7.90. The summed E-state index contributed by atoms with van der Waals surface area (Å²) in [5.74, 6) is -0.130. The van der Waals surface area contributed by atoms with Gasteiger partial charge in [-0.3, -0.25) is 4.98 Å². The predicted octanol–water partition coefficient (Wildman–Crippen LogP) is 2.06. The van der Waals surface area contributed by atoms with Gasteiger partial charge in [0.05, 0.1) is 23.2 Å². The molecule has 0 spiro atoms. The molecule has 0 aliphatic heterocycles. The zero-order valence-corrected chi connectivity index (χ0v) is 14.3. The molecule has 1 aromatic heterocycles.